The van der Waals surface area contributed by atoms with E-state index >= 15 is 0 Å². The Morgan fingerprint density at radius 3 is 2.89 bits per heavy atom. The van der Waals surface area contributed by atoms with Crippen molar-refractivity contribution >= 4 is 5.96 Å². The van der Waals surface area contributed by atoms with E-state index in [2.05, 4.69) is 15.6 Å². The van der Waals surface area contributed by atoms with Gasteiger partial charge in [0.1, 0.15) is 0 Å². The molecule has 5 nitrogen and oxygen atoms in total. The first-order valence-corrected chi connectivity index (χ1v) is 7.03. The fraction of sp³-hybridized carbons (Fsp3) is 0.923. The number of nitrogens with zero attached hydrogens (tertiary/aromatic N) is 1. The molecule has 1 aliphatic heterocycles. The number of ether oxygens (including phenoxy) is 1. The fourth-order valence-corrected chi connectivity index (χ4v) is 2.15. The van der Waals surface area contributed by atoms with Crippen molar-refractivity contribution in [2.75, 3.05) is 46.1 Å². The summed E-state index contributed by atoms with van der Waals surface area (Å²) in [5, 5.41) is 15.4. The van der Waals surface area contributed by atoms with Crippen molar-refractivity contribution in [2.45, 2.75) is 26.2 Å². The molecule has 1 fully saturated rings. The summed E-state index contributed by atoms with van der Waals surface area (Å²) < 4.78 is 17.5. The second kappa shape index (κ2) is 9.09. The third-order valence-corrected chi connectivity index (χ3v) is 3.35. The second-order valence-corrected chi connectivity index (χ2v) is 4.94. The highest BCUT2D eigenvalue weighted by molar-refractivity contribution is 5.79. The van der Waals surface area contributed by atoms with Gasteiger partial charge in [0.15, 0.2) is 5.96 Å². The summed E-state index contributed by atoms with van der Waals surface area (Å²) in [5.74, 6) is 0.708. The minimum Gasteiger partial charge on any atom is -0.396 e. The van der Waals surface area contributed by atoms with Crippen LogP contribution in [0.2, 0.25) is 0 Å². The first-order valence-electron chi connectivity index (χ1n) is 7.03. The molecule has 3 N–H and O–H groups in total. The molecule has 0 aromatic rings. The van der Waals surface area contributed by atoms with E-state index in [1.54, 1.807) is 0 Å². The van der Waals surface area contributed by atoms with E-state index in [4.69, 9.17) is 9.84 Å². The van der Waals surface area contributed by atoms with Gasteiger partial charge in [-0.2, -0.15) is 0 Å². The molecule has 0 radical (unpaired) electrons. The zero-order valence-electron chi connectivity index (χ0n) is 11.8. The highest BCUT2D eigenvalue weighted by Crippen LogP contribution is 2.32. The zero-order chi connectivity index (χ0) is 14.0. The van der Waals surface area contributed by atoms with Crippen LogP contribution in [0.15, 0.2) is 4.99 Å². The number of nitrogens with one attached hydrogen (secondary N) is 2. The van der Waals surface area contributed by atoms with Crippen molar-refractivity contribution in [1.82, 2.24) is 10.6 Å². The average Bonchev–Trinajstić information content (AvgIpc) is 2.86. The van der Waals surface area contributed by atoms with Gasteiger partial charge in [-0.3, -0.25) is 9.38 Å². The second-order valence-electron chi connectivity index (χ2n) is 4.94. The predicted octanol–water partition coefficient (Wildman–Crippen LogP) is 0.690. The maximum Gasteiger partial charge on any atom is 0.191 e. The van der Waals surface area contributed by atoms with Crippen molar-refractivity contribution in [3.63, 3.8) is 0 Å². The predicted molar refractivity (Wildman–Crippen MR) is 74.1 cm³/mol. The van der Waals surface area contributed by atoms with Crippen molar-refractivity contribution in [3.8, 4) is 0 Å². The number of hydrogen-bond acceptors (Lipinski definition) is 3. The lowest BCUT2D eigenvalue weighted by Crippen LogP contribution is -2.39. The maximum absolute atomic E-state index is 12.1. The average molecular weight is 275 g/mol. The molecule has 1 heterocycles. The Morgan fingerprint density at radius 2 is 2.32 bits per heavy atom. The van der Waals surface area contributed by atoms with Crippen LogP contribution in [0.25, 0.3) is 0 Å². The van der Waals surface area contributed by atoms with Gasteiger partial charge in [0, 0.05) is 31.7 Å². The summed E-state index contributed by atoms with van der Waals surface area (Å²) in [4.78, 5) is 4.54. The number of aliphatic hydroxyl groups excluding tert-OH is 1. The number of hydrogen-bond donors (Lipinski definition) is 3. The van der Waals surface area contributed by atoms with E-state index in [0.29, 0.717) is 38.5 Å². The van der Waals surface area contributed by atoms with Gasteiger partial charge in [0.05, 0.1) is 19.8 Å². The molecule has 0 aromatic carbocycles. The van der Waals surface area contributed by atoms with Gasteiger partial charge >= 0.3 is 0 Å². The van der Waals surface area contributed by atoms with Crippen molar-refractivity contribution < 1.29 is 14.2 Å². The summed E-state index contributed by atoms with van der Waals surface area (Å²) in [6.45, 7) is 5.19. The van der Waals surface area contributed by atoms with Crippen LogP contribution < -0.4 is 10.6 Å². The lowest BCUT2D eigenvalue weighted by atomic mass is 9.84. The molecular weight excluding hydrogens is 249 g/mol. The topological polar surface area (TPSA) is 65.9 Å². The fourth-order valence-electron chi connectivity index (χ4n) is 2.15. The normalized spacial score (nSPS) is 23.6. The van der Waals surface area contributed by atoms with E-state index in [-0.39, 0.29) is 18.7 Å². The molecule has 0 aromatic heterocycles. The SMILES string of the molecule is CCNC(=NCC1(CCO)CCOC1)NCCCF. The first-order chi connectivity index (χ1) is 9.26. The van der Waals surface area contributed by atoms with Gasteiger partial charge in [-0.25, -0.2) is 0 Å². The summed E-state index contributed by atoms with van der Waals surface area (Å²) in [7, 11) is 0. The van der Waals surface area contributed by atoms with Crippen LogP contribution in [0.4, 0.5) is 4.39 Å². The molecule has 0 aliphatic carbocycles. The molecule has 6 heteroatoms. The number of aliphatic hydroxyl groups is 1. The minimum atomic E-state index is -0.325. The Hall–Kier alpha value is -0.880. The molecule has 1 rings (SSSR count). The highest BCUT2D eigenvalue weighted by Gasteiger charge is 2.34. The third kappa shape index (κ3) is 5.74. The molecule has 1 unspecified atom stereocenters. The minimum absolute atomic E-state index is 0.0445. The zero-order valence-corrected chi connectivity index (χ0v) is 11.8. The van der Waals surface area contributed by atoms with Crippen LogP contribution in [0.3, 0.4) is 0 Å². The molecule has 0 amide bonds. The first kappa shape index (κ1) is 16.2. The molecule has 0 bridgehead atoms. The Labute approximate surface area is 114 Å². The summed E-state index contributed by atoms with van der Waals surface area (Å²) in [5.41, 5.74) is -0.0445. The molecule has 1 atom stereocenters. The van der Waals surface area contributed by atoms with Gasteiger partial charge in [0.2, 0.25) is 0 Å². The van der Waals surface area contributed by atoms with E-state index in [1.165, 1.54) is 0 Å². The van der Waals surface area contributed by atoms with E-state index < -0.39 is 0 Å². The Bertz CT molecular complexity index is 269. The van der Waals surface area contributed by atoms with Crippen LogP contribution in [-0.4, -0.2) is 57.2 Å². The number of aliphatic imine (C=N–C) groups is 1. The van der Waals surface area contributed by atoms with Gasteiger partial charge in [-0.05, 0) is 26.2 Å². The standard InChI is InChI=1S/C13H26FN3O2/c1-2-15-12(16-7-3-6-14)17-10-13(4-8-18)5-9-19-11-13/h18H,2-11H2,1H3,(H2,15,16,17). The van der Waals surface area contributed by atoms with Gasteiger partial charge in [0.25, 0.3) is 0 Å². The Morgan fingerprint density at radius 1 is 1.47 bits per heavy atom. The van der Waals surface area contributed by atoms with Crippen molar-refractivity contribution in [1.29, 1.82) is 0 Å². The molecule has 112 valence electrons. The largest absolute Gasteiger partial charge is 0.396 e. The quantitative estimate of drug-likeness (QED) is 0.346. The highest BCUT2D eigenvalue weighted by atomic mass is 19.1. The van der Waals surface area contributed by atoms with Gasteiger partial charge < -0.3 is 20.5 Å². The lowest BCUT2D eigenvalue weighted by molar-refractivity contribution is 0.131. The summed E-state index contributed by atoms with van der Waals surface area (Å²) >= 11 is 0. The van der Waals surface area contributed by atoms with Crippen molar-refractivity contribution in [3.05, 3.63) is 0 Å². The number of halogens is 1. The monoisotopic (exact) mass is 275 g/mol. The lowest BCUT2D eigenvalue weighted by Gasteiger charge is -2.24. The van der Waals surface area contributed by atoms with Crippen LogP contribution in [0, 0.1) is 5.41 Å². The van der Waals surface area contributed by atoms with Gasteiger partial charge in [-0.1, -0.05) is 0 Å². The smallest absolute Gasteiger partial charge is 0.191 e. The number of rotatable bonds is 8. The summed E-state index contributed by atoms with van der Waals surface area (Å²) in [6, 6.07) is 0. The Kier molecular flexibility index (Phi) is 7.74. The van der Waals surface area contributed by atoms with Crippen LogP contribution in [0.1, 0.15) is 26.2 Å². The van der Waals surface area contributed by atoms with Gasteiger partial charge in [-0.15, -0.1) is 0 Å². The van der Waals surface area contributed by atoms with Crippen LogP contribution in [0.5, 0.6) is 0 Å². The van der Waals surface area contributed by atoms with Crippen molar-refractivity contribution in [2.24, 2.45) is 10.4 Å². The molecule has 0 spiro atoms. The molecule has 19 heavy (non-hydrogen) atoms. The molecular formula is C13H26FN3O2. The van der Waals surface area contributed by atoms with E-state index in [1.807, 2.05) is 6.92 Å². The van der Waals surface area contributed by atoms with E-state index in [9.17, 15) is 4.39 Å². The molecule has 1 saturated heterocycles. The Balaban J connectivity index is 2.51. The van der Waals surface area contributed by atoms with Crippen LogP contribution in [-0.2, 0) is 4.74 Å². The summed E-state index contributed by atoms with van der Waals surface area (Å²) in [6.07, 6.45) is 2.12. The molecule has 1 aliphatic rings. The van der Waals surface area contributed by atoms with E-state index in [0.717, 1.165) is 19.6 Å². The third-order valence-electron chi connectivity index (χ3n) is 3.35. The maximum atomic E-state index is 12.1. The van der Waals surface area contributed by atoms with Crippen LogP contribution >= 0.6 is 0 Å². The number of guanidine groups is 1. The molecule has 0 saturated carbocycles. The number of alkyl halides is 1.